The van der Waals surface area contributed by atoms with Crippen molar-refractivity contribution >= 4 is 12.0 Å². The molecular weight excluding hydrogens is 327 g/mol. The zero-order chi connectivity index (χ0) is 18.4. The van der Waals surface area contributed by atoms with E-state index in [0.29, 0.717) is 6.20 Å². The standard InChI is InChI=1S/C15H20F3N3O3/c1-14(2,3)24-13(23)20-7-5-12(22)21-8-10-4-6-19-9-11(10)15(16,17)18/h4,6,9H,5,7-8H2,1-3H3,(H,20,23)(H,21,22). The van der Waals surface area contributed by atoms with Gasteiger partial charge in [-0.15, -0.1) is 0 Å². The summed E-state index contributed by atoms with van der Waals surface area (Å²) in [4.78, 5) is 26.5. The SMILES string of the molecule is CC(C)(C)OC(=O)NCCC(=O)NCc1ccncc1C(F)(F)F. The highest BCUT2D eigenvalue weighted by Gasteiger charge is 2.33. The first kappa shape index (κ1) is 19.7. The van der Waals surface area contributed by atoms with Crippen molar-refractivity contribution in [2.24, 2.45) is 0 Å². The summed E-state index contributed by atoms with van der Waals surface area (Å²) < 4.78 is 43.3. The lowest BCUT2D eigenvalue weighted by atomic mass is 10.1. The third kappa shape index (κ3) is 7.30. The fourth-order valence-corrected chi connectivity index (χ4v) is 1.71. The van der Waals surface area contributed by atoms with E-state index in [4.69, 9.17) is 4.74 Å². The number of halogens is 3. The number of nitrogens with zero attached hydrogens (tertiary/aromatic N) is 1. The van der Waals surface area contributed by atoms with E-state index < -0.39 is 29.3 Å². The Bertz CT molecular complexity index is 583. The topological polar surface area (TPSA) is 80.3 Å². The molecule has 2 N–H and O–H groups in total. The zero-order valence-corrected chi connectivity index (χ0v) is 13.7. The number of rotatable bonds is 5. The highest BCUT2D eigenvalue weighted by molar-refractivity contribution is 5.77. The molecule has 9 heteroatoms. The van der Waals surface area contributed by atoms with Crippen LogP contribution < -0.4 is 10.6 Å². The molecular formula is C15H20F3N3O3. The van der Waals surface area contributed by atoms with Crippen LogP contribution in [0.1, 0.15) is 38.3 Å². The van der Waals surface area contributed by atoms with E-state index in [1.54, 1.807) is 20.8 Å². The maximum absolute atomic E-state index is 12.8. The van der Waals surface area contributed by atoms with Crippen molar-refractivity contribution in [3.8, 4) is 0 Å². The van der Waals surface area contributed by atoms with Crippen LogP contribution in [0.4, 0.5) is 18.0 Å². The first-order chi connectivity index (χ1) is 11.0. The molecule has 0 spiro atoms. The summed E-state index contributed by atoms with van der Waals surface area (Å²) in [5.41, 5.74) is -1.62. The molecule has 1 aromatic heterocycles. The Kier molecular flexibility index (Phi) is 6.56. The van der Waals surface area contributed by atoms with E-state index in [9.17, 15) is 22.8 Å². The van der Waals surface area contributed by atoms with Crippen molar-refractivity contribution in [1.82, 2.24) is 15.6 Å². The second-order valence-corrected chi connectivity index (χ2v) is 5.99. The van der Waals surface area contributed by atoms with E-state index in [-0.39, 0.29) is 25.1 Å². The summed E-state index contributed by atoms with van der Waals surface area (Å²) >= 11 is 0. The average molecular weight is 347 g/mol. The highest BCUT2D eigenvalue weighted by Crippen LogP contribution is 2.31. The second kappa shape index (κ2) is 7.98. The molecule has 0 radical (unpaired) electrons. The molecule has 1 rings (SSSR count). The quantitative estimate of drug-likeness (QED) is 0.858. The van der Waals surface area contributed by atoms with Crippen LogP contribution in [0.25, 0.3) is 0 Å². The van der Waals surface area contributed by atoms with Gasteiger partial charge in [-0.1, -0.05) is 0 Å². The Balaban J connectivity index is 2.42. The summed E-state index contributed by atoms with van der Waals surface area (Å²) in [7, 11) is 0. The number of carbonyl (C=O) groups excluding carboxylic acids is 2. The van der Waals surface area contributed by atoms with Crippen LogP contribution in [-0.2, 0) is 22.3 Å². The third-order valence-corrected chi connectivity index (χ3v) is 2.71. The van der Waals surface area contributed by atoms with Crippen LogP contribution in [0.5, 0.6) is 0 Å². The van der Waals surface area contributed by atoms with Gasteiger partial charge in [0.2, 0.25) is 5.91 Å². The Labute approximate surface area is 137 Å². The Morgan fingerprint density at radius 3 is 2.46 bits per heavy atom. The van der Waals surface area contributed by atoms with Crippen molar-refractivity contribution < 1.29 is 27.5 Å². The van der Waals surface area contributed by atoms with E-state index in [0.717, 1.165) is 0 Å². The summed E-state index contributed by atoms with van der Waals surface area (Å²) in [6.07, 6.45) is -3.34. The number of hydrogen-bond donors (Lipinski definition) is 2. The van der Waals surface area contributed by atoms with Gasteiger partial charge in [0.15, 0.2) is 0 Å². The number of aromatic nitrogens is 1. The first-order valence-corrected chi connectivity index (χ1v) is 7.22. The lowest BCUT2D eigenvalue weighted by Gasteiger charge is -2.19. The van der Waals surface area contributed by atoms with E-state index in [1.165, 1.54) is 12.3 Å². The van der Waals surface area contributed by atoms with Gasteiger partial charge in [0.25, 0.3) is 0 Å². The molecule has 2 amide bonds. The maximum atomic E-state index is 12.8. The summed E-state index contributed by atoms with van der Waals surface area (Å²) in [5, 5.41) is 4.77. The van der Waals surface area contributed by atoms with Crippen molar-refractivity contribution in [3.05, 3.63) is 29.6 Å². The number of nitrogens with one attached hydrogen (secondary N) is 2. The molecule has 24 heavy (non-hydrogen) atoms. The van der Waals surface area contributed by atoms with Gasteiger partial charge in [-0.05, 0) is 32.4 Å². The fourth-order valence-electron chi connectivity index (χ4n) is 1.71. The van der Waals surface area contributed by atoms with Crippen LogP contribution >= 0.6 is 0 Å². The minimum atomic E-state index is -4.54. The minimum Gasteiger partial charge on any atom is -0.444 e. The number of amides is 2. The molecule has 134 valence electrons. The number of ether oxygens (including phenoxy) is 1. The maximum Gasteiger partial charge on any atom is 0.418 e. The smallest absolute Gasteiger partial charge is 0.418 e. The van der Waals surface area contributed by atoms with Crippen molar-refractivity contribution in [1.29, 1.82) is 0 Å². The van der Waals surface area contributed by atoms with Crippen molar-refractivity contribution in [2.75, 3.05) is 6.54 Å². The van der Waals surface area contributed by atoms with Gasteiger partial charge >= 0.3 is 12.3 Å². The van der Waals surface area contributed by atoms with Gasteiger partial charge in [0.1, 0.15) is 5.60 Å². The molecule has 0 aliphatic carbocycles. The van der Waals surface area contributed by atoms with Crippen LogP contribution in [-0.4, -0.2) is 29.1 Å². The number of alkyl halides is 3. The Morgan fingerprint density at radius 2 is 1.88 bits per heavy atom. The largest absolute Gasteiger partial charge is 0.444 e. The van der Waals surface area contributed by atoms with Crippen LogP contribution in [0, 0.1) is 0 Å². The lowest BCUT2D eigenvalue weighted by Crippen LogP contribution is -2.35. The molecule has 0 unspecified atom stereocenters. The van der Waals surface area contributed by atoms with Gasteiger partial charge in [-0.25, -0.2) is 4.79 Å². The van der Waals surface area contributed by atoms with Gasteiger partial charge in [-0.2, -0.15) is 13.2 Å². The van der Waals surface area contributed by atoms with Gasteiger partial charge in [0, 0.05) is 31.9 Å². The number of carbonyl (C=O) groups is 2. The molecule has 1 heterocycles. The average Bonchev–Trinajstić information content (AvgIpc) is 2.42. The van der Waals surface area contributed by atoms with E-state index in [2.05, 4.69) is 15.6 Å². The monoisotopic (exact) mass is 347 g/mol. The molecule has 0 fully saturated rings. The molecule has 1 aromatic rings. The highest BCUT2D eigenvalue weighted by atomic mass is 19.4. The zero-order valence-electron chi connectivity index (χ0n) is 13.7. The molecule has 0 atom stereocenters. The molecule has 6 nitrogen and oxygen atoms in total. The van der Waals surface area contributed by atoms with Gasteiger partial charge in [-0.3, -0.25) is 9.78 Å². The number of pyridine rings is 1. The second-order valence-electron chi connectivity index (χ2n) is 5.99. The van der Waals surface area contributed by atoms with Crippen LogP contribution in [0.2, 0.25) is 0 Å². The molecule has 0 aromatic carbocycles. The summed E-state index contributed by atoms with van der Waals surface area (Å²) in [5.74, 6) is -0.490. The molecule has 0 saturated heterocycles. The number of alkyl carbamates (subject to hydrolysis) is 1. The van der Waals surface area contributed by atoms with E-state index in [1.807, 2.05) is 0 Å². The van der Waals surface area contributed by atoms with Crippen LogP contribution in [0.3, 0.4) is 0 Å². The Morgan fingerprint density at radius 1 is 1.21 bits per heavy atom. The number of hydrogen-bond acceptors (Lipinski definition) is 4. The molecule has 0 aliphatic rings. The summed E-state index contributed by atoms with van der Waals surface area (Å²) in [6, 6.07) is 1.20. The minimum absolute atomic E-state index is 0.0171. The predicted molar refractivity (Wildman–Crippen MR) is 79.9 cm³/mol. The van der Waals surface area contributed by atoms with Gasteiger partial charge in [0.05, 0.1) is 5.56 Å². The third-order valence-electron chi connectivity index (χ3n) is 2.71. The fraction of sp³-hybridized carbons (Fsp3) is 0.533. The summed E-state index contributed by atoms with van der Waals surface area (Å²) in [6.45, 7) is 4.84. The molecule has 0 saturated carbocycles. The normalized spacial score (nSPS) is 11.8. The lowest BCUT2D eigenvalue weighted by molar-refractivity contribution is -0.138. The Hall–Kier alpha value is -2.32. The molecule has 0 aliphatic heterocycles. The van der Waals surface area contributed by atoms with Crippen molar-refractivity contribution in [2.45, 2.75) is 45.5 Å². The van der Waals surface area contributed by atoms with Crippen LogP contribution in [0.15, 0.2) is 18.5 Å². The molecule has 0 bridgehead atoms. The van der Waals surface area contributed by atoms with Crippen molar-refractivity contribution in [3.63, 3.8) is 0 Å². The van der Waals surface area contributed by atoms with E-state index >= 15 is 0 Å². The first-order valence-electron chi connectivity index (χ1n) is 7.22. The van der Waals surface area contributed by atoms with Gasteiger partial charge < -0.3 is 15.4 Å². The predicted octanol–water partition coefficient (Wildman–Crippen LogP) is 2.63.